The number of amides is 1. The van der Waals surface area contributed by atoms with Crippen LogP contribution in [-0.2, 0) is 6.42 Å². The SMILES string of the molecule is CCCN(CC1CC1)C(=O)c1cccc(-n2nc(-c3nnc(C)o3)cc2CC(C)C)c1. The summed E-state index contributed by atoms with van der Waals surface area (Å²) in [5.41, 5.74) is 3.27. The molecule has 3 aromatic rings. The van der Waals surface area contributed by atoms with Crippen LogP contribution in [0.4, 0.5) is 0 Å². The lowest BCUT2D eigenvalue weighted by molar-refractivity contribution is 0.0747. The zero-order chi connectivity index (χ0) is 22.0. The van der Waals surface area contributed by atoms with E-state index < -0.39 is 0 Å². The predicted molar refractivity (Wildman–Crippen MR) is 119 cm³/mol. The van der Waals surface area contributed by atoms with Gasteiger partial charge in [-0.2, -0.15) is 5.10 Å². The minimum absolute atomic E-state index is 0.0981. The Bertz CT molecular complexity index is 1050. The molecule has 7 heteroatoms. The van der Waals surface area contributed by atoms with E-state index >= 15 is 0 Å². The minimum atomic E-state index is 0.0981. The van der Waals surface area contributed by atoms with Crippen molar-refractivity contribution in [3.05, 3.63) is 47.5 Å². The van der Waals surface area contributed by atoms with Crippen LogP contribution in [0.3, 0.4) is 0 Å². The summed E-state index contributed by atoms with van der Waals surface area (Å²) >= 11 is 0. The van der Waals surface area contributed by atoms with E-state index in [1.54, 1.807) is 6.92 Å². The summed E-state index contributed by atoms with van der Waals surface area (Å²) in [6, 6.07) is 9.76. The lowest BCUT2D eigenvalue weighted by atomic mass is 10.1. The molecule has 0 unspecified atom stereocenters. The van der Waals surface area contributed by atoms with Gasteiger partial charge in [-0.1, -0.05) is 26.8 Å². The molecule has 2 aromatic heterocycles. The summed E-state index contributed by atoms with van der Waals surface area (Å²) in [6.07, 6.45) is 4.28. The van der Waals surface area contributed by atoms with Crippen molar-refractivity contribution in [2.24, 2.45) is 11.8 Å². The first-order chi connectivity index (χ1) is 14.9. The van der Waals surface area contributed by atoms with Crippen molar-refractivity contribution in [2.75, 3.05) is 13.1 Å². The molecular weight excluding hydrogens is 390 g/mol. The molecule has 0 atom stereocenters. The van der Waals surface area contributed by atoms with E-state index in [1.807, 2.05) is 39.9 Å². The third kappa shape index (κ3) is 5.03. The van der Waals surface area contributed by atoms with Gasteiger partial charge in [-0.3, -0.25) is 4.79 Å². The van der Waals surface area contributed by atoms with E-state index in [1.165, 1.54) is 12.8 Å². The number of hydrogen-bond donors (Lipinski definition) is 0. The number of benzene rings is 1. The Morgan fingerprint density at radius 2 is 2.06 bits per heavy atom. The number of aryl methyl sites for hydroxylation is 1. The van der Waals surface area contributed by atoms with Crippen molar-refractivity contribution in [3.8, 4) is 17.3 Å². The van der Waals surface area contributed by atoms with Crippen LogP contribution in [-0.4, -0.2) is 43.9 Å². The summed E-state index contributed by atoms with van der Waals surface area (Å²) < 4.78 is 7.48. The Hall–Kier alpha value is -2.96. The zero-order valence-corrected chi connectivity index (χ0v) is 18.8. The third-order valence-corrected chi connectivity index (χ3v) is 5.44. The molecule has 4 rings (SSSR count). The number of rotatable bonds is 9. The maximum Gasteiger partial charge on any atom is 0.268 e. The second-order valence-electron chi connectivity index (χ2n) is 8.90. The van der Waals surface area contributed by atoms with Gasteiger partial charge in [0.1, 0.15) is 5.69 Å². The lowest BCUT2D eigenvalue weighted by Crippen LogP contribution is -2.33. The normalized spacial score (nSPS) is 13.7. The van der Waals surface area contributed by atoms with Crippen LogP contribution in [0.15, 0.2) is 34.7 Å². The molecule has 1 aliphatic rings. The second kappa shape index (κ2) is 9.04. The number of hydrogen-bond acceptors (Lipinski definition) is 5. The molecule has 1 fully saturated rings. The van der Waals surface area contributed by atoms with Crippen LogP contribution in [0.1, 0.15) is 62.0 Å². The highest BCUT2D eigenvalue weighted by Crippen LogP contribution is 2.30. The Morgan fingerprint density at radius 3 is 2.71 bits per heavy atom. The molecular formula is C24H31N5O2. The molecule has 1 amide bonds. The van der Waals surface area contributed by atoms with Gasteiger partial charge in [0.25, 0.3) is 11.8 Å². The van der Waals surface area contributed by atoms with Gasteiger partial charge < -0.3 is 9.32 Å². The van der Waals surface area contributed by atoms with Crippen LogP contribution >= 0.6 is 0 Å². The maximum atomic E-state index is 13.2. The van der Waals surface area contributed by atoms with Crippen LogP contribution < -0.4 is 0 Å². The largest absolute Gasteiger partial charge is 0.420 e. The van der Waals surface area contributed by atoms with Crippen molar-refractivity contribution in [3.63, 3.8) is 0 Å². The molecule has 0 saturated heterocycles. The van der Waals surface area contributed by atoms with Crippen molar-refractivity contribution in [2.45, 2.75) is 53.4 Å². The predicted octanol–water partition coefficient (Wildman–Crippen LogP) is 4.69. The lowest BCUT2D eigenvalue weighted by Gasteiger charge is -2.22. The number of aromatic nitrogens is 4. The smallest absolute Gasteiger partial charge is 0.268 e. The summed E-state index contributed by atoms with van der Waals surface area (Å²) in [5, 5.41) is 12.8. The summed E-state index contributed by atoms with van der Waals surface area (Å²) in [4.78, 5) is 15.2. The molecule has 0 bridgehead atoms. The first-order valence-electron chi connectivity index (χ1n) is 11.2. The fourth-order valence-electron chi connectivity index (χ4n) is 3.82. The van der Waals surface area contributed by atoms with Gasteiger partial charge >= 0.3 is 0 Å². The molecule has 164 valence electrons. The molecule has 0 radical (unpaired) electrons. The maximum absolute atomic E-state index is 13.2. The first-order valence-corrected chi connectivity index (χ1v) is 11.2. The monoisotopic (exact) mass is 421 g/mol. The van der Waals surface area contributed by atoms with Crippen LogP contribution in [0.2, 0.25) is 0 Å². The van der Waals surface area contributed by atoms with E-state index in [2.05, 4.69) is 31.0 Å². The van der Waals surface area contributed by atoms with Crippen molar-refractivity contribution in [1.29, 1.82) is 0 Å². The Kier molecular flexibility index (Phi) is 6.20. The average molecular weight is 422 g/mol. The van der Waals surface area contributed by atoms with E-state index in [4.69, 9.17) is 9.52 Å². The van der Waals surface area contributed by atoms with Crippen LogP contribution in [0, 0.1) is 18.8 Å². The quantitative estimate of drug-likeness (QED) is 0.501. The first kappa shape index (κ1) is 21.3. The summed E-state index contributed by atoms with van der Waals surface area (Å²) in [5.74, 6) is 2.14. The number of carbonyl (C=O) groups is 1. The topological polar surface area (TPSA) is 77.1 Å². The fraction of sp³-hybridized carbons (Fsp3) is 0.500. The number of carbonyl (C=O) groups excluding carboxylic acids is 1. The number of nitrogens with zero attached hydrogens (tertiary/aromatic N) is 5. The standard InChI is InChI=1S/C24H31N5O2/c1-5-11-28(15-18-9-10-18)24(30)19-7-6-8-20(13-19)29-21(12-16(2)3)14-22(27-29)23-26-25-17(4)31-23/h6-8,13-14,16,18H,5,9-12,15H2,1-4H3. The highest BCUT2D eigenvalue weighted by atomic mass is 16.4. The molecule has 7 nitrogen and oxygen atoms in total. The van der Waals surface area contributed by atoms with Crippen LogP contribution in [0.25, 0.3) is 17.3 Å². The van der Waals surface area contributed by atoms with Crippen molar-refractivity contribution in [1.82, 2.24) is 24.9 Å². The highest BCUT2D eigenvalue weighted by molar-refractivity contribution is 5.94. The van der Waals surface area contributed by atoms with E-state index in [-0.39, 0.29) is 5.91 Å². The molecule has 1 aliphatic carbocycles. The van der Waals surface area contributed by atoms with E-state index in [9.17, 15) is 4.79 Å². The minimum Gasteiger partial charge on any atom is -0.420 e. The average Bonchev–Trinajstić information content (AvgIpc) is 3.30. The van der Waals surface area contributed by atoms with Gasteiger partial charge in [0, 0.05) is 31.3 Å². The van der Waals surface area contributed by atoms with Gasteiger partial charge in [-0.25, -0.2) is 4.68 Å². The zero-order valence-electron chi connectivity index (χ0n) is 18.8. The third-order valence-electron chi connectivity index (χ3n) is 5.44. The van der Waals surface area contributed by atoms with E-state index in [0.29, 0.717) is 34.9 Å². The summed E-state index contributed by atoms with van der Waals surface area (Å²) in [7, 11) is 0. The molecule has 0 aliphatic heterocycles. The Labute approximate surface area is 183 Å². The van der Waals surface area contributed by atoms with Gasteiger partial charge in [0.05, 0.1) is 5.69 Å². The molecule has 0 spiro atoms. The second-order valence-corrected chi connectivity index (χ2v) is 8.90. The van der Waals surface area contributed by atoms with Gasteiger partial charge in [0.2, 0.25) is 5.89 Å². The summed E-state index contributed by atoms with van der Waals surface area (Å²) in [6.45, 7) is 9.88. The van der Waals surface area contributed by atoms with Gasteiger partial charge in [-0.05, 0) is 61.8 Å². The molecule has 2 heterocycles. The van der Waals surface area contributed by atoms with Gasteiger partial charge in [-0.15, -0.1) is 10.2 Å². The molecule has 0 N–H and O–H groups in total. The highest BCUT2D eigenvalue weighted by Gasteiger charge is 2.27. The van der Waals surface area contributed by atoms with Gasteiger partial charge in [0.15, 0.2) is 0 Å². The fourth-order valence-corrected chi connectivity index (χ4v) is 3.82. The van der Waals surface area contributed by atoms with Crippen LogP contribution in [0.5, 0.6) is 0 Å². The Morgan fingerprint density at radius 1 is 1.26 bits per heavy atom. The van der Waals surface area contributed by atoms with Crippen molar-refractivity contribution < 1.29 is 9.21 Å². The molecule has 1 aromatic carbocycles. The van der Waals surface area contributed by atoms with Crippen molar-refractivity contribution >= 4 is 5.91 Å². The molecule has 1 saturated carbocycles. The molecule has 31 heavy (non-hydrogen) atoms. The Balaban J connectivity index is 1.67. The van der Waals surface area contributed by atoms with E-state index in [0.717, 1.165) is 37.3 Å².